The lowest BCUT2D eigenvalue weighted by Gasteiger charge is -2.18. The first-order valence-corrected chi connectivity index (χ1v) is 3.22. The zero-order valence-corrected chi connectivity index (χ0v) is 5.66. The predicted molar refractivity (Wildman–Crippen MR) is 36.9 cm³/mol. The summed E-state index contributed by atoms with van der Waals surface area (Å²) in [5, 5.41) is 1.60. The molecule has 0 aromatic heterocycles. The Bertz CT molecular complexity index is 145. The lowest BCUT2D eigenvalue weighted by molar-refractivity contribution is -0.116. The second-order valence-corrected chi connectivity index (χ2v) is 1.89. The van der Waals surface area contributed by atoms with Gasteiger partial charge in [0.2, 0.25) is 0 Å². The number of rotatable bonds is 3. The van der Waals surface area contributed by atoms with Gasteiger partial charge in [-0.2, -0.15) is 0 Å². The van der Waals surface area contributed by atoms with Gasteiger partial charge >= 0.3 is 0 Å². The molecule has 0 atom stereocenters. The molecular formula is C7H10FNO. The fourth-order valence-electron chi connectivity index (χ4n) is 0.697. The quantitative estimate of drug-likeness (QED) is 0.590. The molecular weight excluding hydrogens is 133 g/mol. The van der Waals surface area contributed by atoms with Crippen molar-refractivity contribution in [3.05, 3.63) is 24.4 Å². The van der Waals surface area contributed by atoms with E-state index in [1.165, 1.54) is 0 Å². The minimum Gasteiger partial charge on any atom is -0.271 e. The first-order chi connectivity index (χ1) is 4.93. The van der Waals surface area contributed by atoms with E-state index in [1.54, 1.807) is 11.3 Å². The Labute approximate surface area is 59.5 Å². The topological polar surface area (TPSA) is 12.5 Å². The predicted octanol–water partition coefficient (Wildman–Crippen LogP) is 1.27. The van der Waals surface area contributed by atoms with Crippen molar-refractivity contribution in [3.63, 3.8) is 0 Å². The van der Waals surface area contributed by atoms with Crippen molar-refractivity contribution in [1.82, 2.24) is 5.06 Å². The summed E-state index contributed by atoms with van der Waals surface area (Å²) in [6.45, 7) is 0.405. The molecule has 56 valence electrons. The van der Waals surface area contributed by atoms with Crippen LogP contribution < -0.4 is 0 Å². The van der Waals surface area contributed by atoms with E-state index in [0.29, 0.717) is 6.54 Å². The fraction of sp³-hybridized carbons (Fsp3) is 0.429. The number of nitrogens with zero attached hydrogens (tertiary/aromatic N) is 1. The third kappa shape index (κ3) is 2.19. The van der Waals surface area contributed by atoms with Gasteiger partial charge in [0.25, 0.3) is 0 Å². The van der Waals surface area contributed by atoms with Gasteiger partial charge in [0.1, 0.15) is 13.3 Å². The van der Waals surface area contributed by atoms with Crippen LogP contribution in [-0.4, -0.2) is 24.9 Å². The van der Waals surface area contributed by atoms with Crippen molar-refractivity contribution in [2.45, 2.75) is 0 Å². The second-order valence-electron chi connectivity index (χ2n) is 1.89. The van der Waals surface area contributed by atoms with Crippen LogP contribution in [0.1, 0.15) is 0 Å². The summed E-state index contributed by atoms with van der Waals surface area (Å²) in [7, 11) is 0. The average Bonchev–Trinajstić information content (AvgIpc) is 2.03. The van der Waals surface area contributed by atoms with Gasteiger partial charge in [-0.25, -0.2) is 4.39 Å². The molecule has 0 fully saturated rings. The number of hydrogen-bond acceptors (Lipinski definition) is 2. The smallest absolute Gasteiger partial charge is 0.115 e. The highest BCUT2D eigenvalue weighted by molar-refractivity contribution is 5.06. The molecule has 0 amide bonds. The van der Waals surface area contributed by atoms with Crippen LogP contribution in [0.5, 0.6) is 0 Å². The van der Waals surface area contributed by atoms with Gasteiger partial charge in [-0.1, -0.05) is 12.2 Å². The SMILES string of the molecule is FCCON1C=CC=CC1. The molecule has 2 nitrogen and oxygen atoms in total. The van der Waals surface area contributed by atoms with E-state index in [4.69, 9.17) is 4.84 Å². The molecule has 1 rings (SSSR count). The Balaban J connectivity index is 2.17. The average molecular weight is 143 g/mol. The van der Waals surface area contributed by atoms with Crippen molar-refractivity contribution < 1.29 is 9.23 Å². The molecule has 3 heteroatoms. The molecule has 0 unspecified atom stereocenters. The summed E-state index contributed by atoms with van der Waals surface area (Å²) >= 11 is 0. The normalized spacial score (nSPS) is 16.3. The van der Waals surface area contributed by atoms with E-state index in [-0.39, 0.29) is 6.61 Å². The zero-order chi connectivity index (χ0) is 7.23. The monoisotopic (exact) mass is 143 g/mol. The van der Waals surface area contributed by atoms with E-state index in [2.05, 4.69) is 0 Å². The highest BCUT2D eigenvalue weighted by atomic mass is 19.1. The standard InChI is InChI=1S/C7H10FNO/c8-4-7-10-9-5-2-1-3-6-9/h1-3,5H,4,6-7H2. The summed E-state index contributed by atoms with van der Waals surface area (Å²) in [6.07, 6.45) is 7.49. The highest BCUT2D eigenvalue weighted by Gasteiger charge is 1.97. The molecule has 0 aliphatic carbocycles. The number of halogens is 1. The molecule has 0 aromatic rings. The van der Waals surface area contributed by atoms with Gasteiger partial charge in [0.15, 0.2) is 0 Å². The maximum absolute atomic E-state index is 11.6. The van der Waals surface area contributed by atoms with Crippen molar-refractivity contribution in [2.75, 3.05) is 19.8 Å². The van der Waals surface area contributed by atoms with Crippen LogP contribution in [0.3, 0.4) is 0 Å². The Morgan fingerprint density at radius 2 is 2.40 bits per heavy atom. The van der Waals surface area contributed by atoms with Gasteiger partial charge in [-0.3, -0.25) is 9.90 Å². The number of hydroxylamine groups is 2. The van der Waals surface area contributed by atoms with Gasteiger partial charge in [0, 0.05) is 6.20 Å². The molecule has 0 radical (unpaired) electrons. The zero-order valence-electron chi connectivity index (χ0n) is 5.66. The lowest BCUT2D eigenvalue weighted by atomic mass is 10.4. The first kappa shape index (κ1) is 7.28. The van der Waals surface area contributed by atoms with E-state index >= 15 is 0 Å². The minimum absolute atomic E-state index is 0.137. The molecule has 0 saturated heterocycles. The Hall–Kier alpha value is -0.830. The van der Waals surface area contributed by atoms with Crippen LogP contribution in [-0.2, 0) is 4.84 Å². The maximum Gasteiger partial charge on any atom is 0.115 e. The van der Waals surface area contributed by atoms with Gasteiger partial charge in [-0.05, 0) is 6.08 Å². The third-order valence-electron chi connectivity index (χ3n) is 1.12. The van der Waals surface area contributed by atoms with Crippen molar-refractivity contribution in [1.29, 1.82) is 0 Å². The Kier molecular flexibility index (Phi) is 2.96. The van der Waals surface area contributed by atoms with Gasteiger partial charge < -0.3 is 0 Å². The Morgan fingerprint density at radius 1 is 1.50 bits per heavy atom. The van der Waals surface area contributed by atoms with Crippen LogP contribution in [0.25, 0.3) is 0 Å². The van der Waals surface area contributed by atoms with Crippen LogP contribution in [0.4, 0.5) is 4.39 Å². The summed E-state index contributed by atoms with van der Waals surface area (Å²) in [5.41, 5.74) is 0. The van der Waals surface area contributed by atoms with Crippen LogP contribution >= 0.6 is 0 Å². The molecule has 0 saturated carbocycles. The molecule has 1 heterocycles. The van der Waals surface area contributed by atoms with Gasteiger partial charge in [-0.15, -0.1) is 0 Å². The first-order valence-electron chi connectivity index (χ1n) is 3.22. The van der Waals surface area contributed by atoms with E-state index in [1.807, 2.05) is 18.2 Å². The molecule has 1 aliphatic heterocycles. The molecule has 0 N–H and O–H groups in total. The maximum atomic E-state index is 11.6. The number of allylic oxidation sites excluding steroid dienone is 2. The molecule has 0 aromatic carbocycles. The molecule has 1 aliphatic rings. The van der Waals surface area contributed by atoms with E-state index in [0.717, 1.165) is 0 Å². The largest absolute Gasteiger partial charge is 0.271 e. The van der Waals surface area contributed by atoms with Crippen LogP contribution in [0, 0.1) is 0 Å². The second kappa shape index (κ2) is 4.06. The third-order valence-corrected chi connectivity index (χ3v) is 1.12. The molecule has 0 bridgehead atoms. The van der Waals surface area contributed by atoms with Crippen molar-refractivity contribution >= 4 is 0 Å². The fourth-order valence-corrected chi connectivity index (χ4v) is 0.697. The Morgan fingerprint density at radius 3 is 3.00 bits per heavy atom. The molecule has 10 heavy (non-hydrogen) atoms. The van der Waals surface area contributed by atoms with E-state index < -0.39 is 6.67 Å². The van der Waals surface area contributed by atoms with Crippen LogP contribution in [0.15, 0.2) is 24.4 Å². The highest BCUT2D eigenvalue weighted by Crippen LogP contribution is 1.98. The minimum atomic E-state index is -0.436. The van der Waals surface area contributed by atoms with E-state index in [9.17, 15) is 4.39 Å². The lowest BCUT2D eigenvalue weighted by Crippen LogP contribution is -2.20. The van der Waals surface area contributed by atoms with Gasteiger partial charge in [0.05, 0.1) is 6.54 Å². The summed E-state index contributed by atoms with van der Waals surface area (Å²) in [6, 6.07) is 0. The summed E-state index contributed by atoms with van der Waals surface area (Å²) in [5.74, 6) is 0. The summed E-state index contributed by atoms with van der Waals surface area (Å²) in [4.78, 5) is 4.95. The van der Waals surface area contributed by atoms with Crippen molar-refractivity contribution in [3.8, 4) is 0 Å². The number of hydrogen-bond donors (Lipinski definition) is 0. The molecule has 0 spiro atoms. The number of alkyl halides is 1. The van der Waals surface area contributed by atoms with Crippen molar-refractivity contribution in [2.24, 2.45) is 0 Å². The summed E-state index contributed by atoms with van der Waals surface area (Å²) < 4.78 is 11.6. The van der Waals surface area contributed by atoms with Crippen LogP contribution in [0.2, 0.25) is 0 Å².